The lowest BCUT2D eigenvalue weighted by Gasteiger charge is -2.31. The first-order chi connectivity index (χ1) is 15.0. The highest BCUT2D eigenvalue weighted by molar-refractivity contribution is 5.92. The summed E-state index contributed by atoms with van der Waals surface area (Å²) in [6.45, 7) is 2.45. The molecule has 2 atom stereocenters. The van der Waals surface area contributed by atoms with Gasteiger partial charge in [-0.3, -0.25) is 4.79 Å². The molecule has 0 radical (unpaired) electrons. The molecule has 2 unspecified atom stereocenters. The van der Waals surface area contributed by atoms with E-state index < -0.39 is 5.97 Å². The Bertz CT molecular complexity index is 940. The number of aromatic nitrogens is 3. The Kier molecular flexibility index (Phi) is 7.64. The molecule has 0 aliphatic heterocycles. The summed E-state index contributed by atoms with van der Waals surface area (Å²) >= 11 is 0. The van der Waals surface area contributed by atoms with Gasteiger partial charge in [0.25, 0.3) is 0 Å². The van der Waals surface area contributed by atoms with Crippen LogP contribution in [0.4, 0.5) is 0 Å². The zero-order valence-corrected chi connectivity index (χ0v) is 18.0. The van der Waals surface area contributed by atoms with Crippen molar-refractivity contribution in [1.82, 2.24) is 20.3 Å². The van der Waals surface area contributed by atoms with E-state index in [-0.39, 0.29) is 23.7 Å². The fourth-order valence-electron chi connectivity index (χ4n) is 3.70. The summed E-state index contributed by atoms with van der Waals surface area (Å²) in [6.07, 6.45) is 8.51. The number of hydrogen-bond acceptors (Lipinski definition) is 7. The molecule has 1 amide bonds. The standard InChI is InChI=1S/C22H28N4O5/c1-4-31-19-11-9-15(13-20(19)29-2)10-12-21(27)23-16-7-5-6-8-18(16)26-14-17(24-25-26)22(28)30-3/h9-14,16,18H,4-8H2,1-3H3,(H,23,27)/b12-10+. The highest BCUT2D eigenvalue weighted by Gasteiger charge is 2.29. The molecule has 1 aliphatic rings. The molecule has 3 rings (SSSR count). The molecule has 1 N–H and O–H groups in total. The number of nitrogens with one attached hydrogen (secondary N) is 1. The number of esters is 1. The van der Waals surface area contributed by atoms with E-state index in [9.17, 15) is 9.59 Å². The lowest BCUT2D eigenvalue weighted by molar-refractivity contribution is -0.117. The number of amides is 1. The second kappa shape index (κ2) is 10.6. The predicted molar refractivity (Wildman–Crippen MR) is 114 cm³/mol. The van der Waals surface area contributed by atoms with Crippen LogP contribution >= 0.6 is 0 Å². The minimum absolute atomic E-state index is 0.0671. The van der Waals surface area contributed by atoms with Gasteiger partial charge in [-0.25, -0.2) is 9.48 Å². The van der Waals surface area contributed by atoms with E-state index in [2.05, 4.69) is 20.4 Å². The van der Waals surface area contributed by atoms with Crippen LogP contribution in [0.25, 0.3) is 6.08 Å². The van der Waals surface area contributed by atoms with Gasteiger partial charge in [0.2, 0.25) is 5.91 Å². The van der Waals surface area contributed by atoms with Crippen LogP contribution in [-0.4, -0.2) is 53.7 Å². The van der Waals surface area contributed by atoms with Gasteiger partial charge in [-0.15, -0.1) is 5.10 Å². The van der Waals surface area contributed by atoms with Gasteiger partial charge in [0, 0.05) is 6.08 Å². The number of rotatable bonds is 8. The van der Waals surface area contributed by atoms with Crippen molar-refractivity contribution in [2.24, 2.45) is 0 Å². The highest BCUT2D eigenvalue weighted by Crippen LogP contribution is 2.29. The van der Waals surface area contributed by atoms with E-state index in [0.717, 1.165) is 31.2 Å². The van der Waals surface area contributed by atoms with Gasteiger partial charge in [-0.05, 0) is 43.5 Å². The average molecular weight is 428 g/mol. The van der Waals surface area contributed by atoms with Crippen molar-refractivity contribution in [1.29, 1.82) is 0 Å². The van der Waals surface area contributed by atoms with Gasteiger partial charge in [0.1, 0.15) is 0 Å². The van der Waals surface area contributed by atoms with Crippen molar-refractivity contribution in [3.05, 3.63) is 41.7 Å². The first kappa shape index (κ1) is 22.3. The number of hydrogen-bond donors (Lipinski definition) is 1. The second-order valence-electron chi connectivity index (χ2n) is 7.22. The molecule has 1 aromatic heterocycles. The molecule has 0 bridgehead atoms. The number of benzene rings is 1. The number of nitrogens with zero attached hydrogens (tertiary/aromatic N) is 3. The monoisotopic (exact) mass is 428 g/mol. The average Bonchev–Trinajstić information content (AvgIpc) is 3.28. The SMILES string of the molecule is CCOc1ccc(/C=C/C(=O)NC2CCCCC2n2cc(C(=O)OC)nn2)cc1OC. The van der Waals surface area contributed by atoms with Gasteiger partial charge >= 0.3 is 5.97 Å². The summed E-state index contributed by atoms with van der Waals surface area (Å²) in [5, 5.41) is 11.0. The summed E-state index contributed by atoms with van der Waals surface area (Å²) in [5.41, 5.74) is 0.983. The van der Waals surface area contributed by atoms with E-state index in [1.54, 1.807) is 24.1 Å². The van der Waals surface area contributed by atoms with Crippen LogP contribution in [0.3, 0.4) is 0 Å². The molecule has 1 aromatic carbocycles. The summed E-state index contributed by atoms with van der Waals surface area (Å²) in [7, 11) is 2.88. The van der Waals surface area contributed by atoms with Crippen molar-refractivity contribution < 1.29 is 23.8 Å². The maximum Gasteiger partial charge on any atom is 0.360 e. The smallest absolute Gasteiger partial charge is 0.360 e. The van der Waals surface area contributed by atoms with Crippen LogP contribution in [0, 0.1) is 0 Å². The van der Waals surface area contributed by atoms with Crippen molar-refractivity contribution in [2.45, 2.75) is 44.7 Å². The maximum absolute atomic E-state index is 12.6. The molecule has 0 saturated heterocycles. The number of carbonyl (C=O) groups excluding carboxylic acids is 2. The van der Waals surface area contributed by atoms with Crippen LogP contribution in [0.5, 0.6) is 11.5 Å². The third-order valence-electron chi connectivity index (χ3n) is 5.22. The molecule has 1 fully saturated rings. The zero-order chi connectivity index (χ0) is 22.2. The van der Waals surface area contributed by atoms with Gasteiger partial charge < -0.3 is 19.5 Å². The Hall–Kier alpha value is -3.36. The Morgan fingerprint density at radius 2 is 2.03 bits per heavy atom. The molecule has 2 aromatic rings. The minimum atomic E-state index is -0.531. The Labute approximate surface area is 181 Å². The van der Waals surface area contributed by atoms with Crippen molar-refractivity contribution >= 4 is 18.0 Å². The van der Waals surface area contributed by atoms with E-state index in [4.69, 9.17) is 9.47 Å². The van der Waals surface area contributed by atoms with Gasteiger partial charge in [-0.2, -0.15) is 0 Å². The largest absolute Gasteiger partial charge is 0.493 e. The lowest BCUT2D eigenvalue weighted by atomic mass is 9.90. The quantitative estimate of drug-likeness (QED) is 0.509. The number of carbonyl (C=O) groups is 2. The number of ether oxygens (including phenoxy) is 3. The van der Waals surface area contributed by atoms with Crippen molar-refractivity contribution in [3.63, 3.8) is 0 Å². The maximum atomic E-state index is 12.6. The second-order valence-corrected chi connectivity index (χ2v) is 7.22. The summed E-state index contributed by atoms with van der Waals surface area (Å²) < 4.78 is 17.2. The third kappa shape index (κ3) is 5.62. The van der Waals surface area contributed by atoms with Gasteiger partial charge in [0.15, 0.2) is 17.2 Å². The normalized spacial score (nSPS) is 18.5. The molecule has 1 saturated carbocycles. The van der Waals surface area contributed by atoms with Gasteiger partial charge in [0.05, 0.1) is 39.1 Å². The van der Waals surface area contributed by atoms with Crippen LogP contribution in [0.15, 0.2) is 30.5 Å². The molecule has 0 spiro atoms. The van der Waals surface area contributed by atoms with Crippen molar-refractivity contribution in [3.8, 4) is 11.5 Å². The molecule has 31 heavy (non-hydrogen) atoms. The zero-order valence-electron chi connectivity index (χ0n) is 18.0. The summed E-state index contributed by atoms with van der Waals surface area (Å²) in [5.74, 6) is 0.551. The van der Waals surface area contributed by atoms with E-state index in [0.29, 0.717) is 18.1 Å². The van der Waals surface area contributed by atoms with Crippen molar-refractivity contribution in [2.75, 3.05) is 20.8 Å². The number of methoxy groups -OCH3 is 2. The lowest BCUT2D eigenvalue weighted by Crippen LogP contribution is -2.42. The molecule has 9 heteroatoms. The molecular formula is C22H28N4O5. The molecule has 1 heterocycles. The highest BCUT2D eigenvalue weighted by atomic mass is 16.5. The van der Waals surface area contributed by atoms with E-state index in [1.807, 2.05) is 25.1 Å². The van der Waals surface area contributed by atoms with Crippen LogP contribution in [0.2, 0.25) is 0 Å². The Morgan fingerprint density at radius 3 is 2.77 bits per heavy atom. The third-order valence-corrected chi connectivity index (χ3v) is 5.22. The fraction of sp³-hybridized carbons (Fsp3) is 0.455. The van der Waals surface area contributed by atoms with Crippen LogP contribution in [0.1, 0.15) is 54.7 Å². The molecular weight excluding hydrogens is 400 g/mol. The molecule has 1 aliphatic carbocycles. The molecule has 9 nitrogen and oxygen atoms in total. The summed E-state index contributed by atoms with van der Waals surface area (Å²) in [4.78, 5) is 24.2. The topological polar surface area (TPSA) is 105 Å². The minimum Gasteiger partial charge on any atom is -0.493 e. The van der Waals surface area contributed by atoms with E-state index >= 15 is 0 Å². The molecule has 166 valence electrons. The fourth-order valence-corrected chi connectivity index (χ4v) is 3.70. The van der Waals surface area contributed by atoms with Crippen LogP contribution in [-0.2, 0) is 9.53 Å². The predicted octanol–water partition coefficient (Wildman–Crippen LogP) is 2.79. The van der Waals surface area contributed by atoms with E-state index in [1.165, 1.54) is 13.2 Å². The van der Waals surface area contributed by atoms with Gasteiger partial charge in [-0.1, -0.05) is 24.1 Å². The Morgan fingerprint density at radius 1 is 1.23 bits per heavy atom. The first-order valence-electron chi connectivity index (χ1n) is 10.3. The summed E-state index contributed by atoms with van der Waals surface area (Å²) in [6, 6.07) is 5.34. The first-order valence-corrected chi connectivity index (χ1v) is 10.3. The van der Waals surface area contributed by atoms with Crippen LogP contribution < -0.4 is 14.8 Å². The Balaban J connectivity index is 1.66.